The van der Waals surface area contributed by atoms with Gasteiger partial charge in [0.25, 0.3) is 0 Å². The number of benzene rings is 1. The molecule has 1 atom stereocenters. The Balaban J connectivity index is 0.00000161. The average molecular weight is 326 g/mol. The molecule has 1 heterocycles. The summed E-state index contributed by atoms with van der Waals surface area (Å²) in [7, 11) is 0. The smallest absolute Gasteiger partial charge is 0.244 e. The second kappa shape index (κ2) is 6.81. The highest BCUT2D eigenvalue weighted by molar-refractivity contribution is 7.99. The quantitative estimate of drug-likeness (QED) is 0.929. The van der Waals surface area contributed by atoms with Crippen molar-refractivity contribution in [2.75, 3.05) is 6.26 Å². The number of halogens is 1. The largest absolute Gasteiger partial charge is 0.338 e. The third-order valence-corrected chi connectivity index (χ3v) is 4.89. The predicted molar refractivity (Wildman–Crippen MR) is 87.7 cm³/mol. The molecule has 1 fully saturated rings. The molecule has 21 heavy (non-hydrogen) atoms. The molecule has 1 saturated carbocycles. The molecule has 4 nitrogen and oxygen atoms in total. The zero-order valence-electron chi connectivity index (χ0n) is 12.0. The van der Waals surface area contributed by atoms with E-state index in [4.69, 9.17) is 10.3 Å². The van der Waals surface area contributed by atoms with E-state index in [0.717, 1.165) is 25.7 Å². The van der Waals surface area contributed by atoms with Crippen LogP contribution < -0.4 is 5.73 Å². The van der Waals surface area contributed by atoms with E-state index in [9.17, 15) is 0 Å². The minimum Gasteiger partial charge on any atom is -0.338 e. The highest BCUT2D eigenvalue weighted by atomic mass is 35.5. The number of hydrogen-bond donors (Lipinski definition) is 1. The average Bonchev–Trinajstić information content (AvgIpc) is 3.11. The summed E-state index contributed by atoms with van der Waals surface area (Å²) in [5.41, 5.74) is 7.17. The lowest BCUT2D eigenvalue weighted by molar-refractivity contribution is 0.351. The molecule has 6 heteroatoms. The zero-order valence-corrected chi connectivity index (χ0v) is 13.6. The van der Waals surface area contributed by atoms with E-state index >= 15 is 0 Å². The molecule has 0 bridgehead atoms. The molecule has 0 amide bonds. The Morgan fingerprint density at radius 2 is 1.90 bits per heavy atom. The van der Waals surface area contributed by atoms with Crippen LogP contribution in [0, 0.1) is 0 Å². The molecule has 1 aliphatic rings. The molecule has 0 aliphatic heterocycles. The number of aromatic nitrogens is 2. The summed E-state index contributed by atoms with van der Waals surface area (Å²) in [5.74, 6) is 1.32. The lowest BCUT2D eigenvalue weighted by atomic mass is 9.99. The van der Waals surface area contributed by atoms with Crippen LogP contribution in [-0.4, -0.2) is 16.4 Å². The van der Waals surface area contributed by atoms with Gasteiger partial charge in [-0.15, -0.1) is 24.2 Å². The van der Waals surface area contributed by atoms with Crippen LogP contribution in [0.25, 0.3) is 0 Å². The molecular weight excluding hydrogens is 306 g/mol. The van der Waals surface area contributed by atoms with Gasteiger partial charge in [-0.25, -0.2) is 0 Å². The van der Waals surface area contributed by atoms with Crippen molar-refractivity contribution < 1.29 is 4.52 Å². The van der Waals surface area contributed by atoms with Gasteiger partial charge < -0.3 is 10.3 Å². The van der Waals surface area contributed by atoms with E-state index in [1.54, 1.807) is 11.8 Å². The maximum Gasteiger partial charge on any atom is 0.244 e. The third-order valence-electron chi connectivity index (χ3n) is 3.95. The summed E-state index contributed by atoms with van der Waals surface area (Å²) in [4.78, 5) is 4.59. The summed E-state index contributed by atoms with van der Waals surface area (Å²) in [6.45, 7) is 0. The van der Waals surface area contributed by atoms with Gasteiger partial charge in [0.2, 0.25) is 5.89 Å². The Bertz CT molecular complexity index is 569. The van der Waals surface area contributed by atoms with Crippen LogP contribution >= 0.6 is 24.2 Å². The first-order valence-electron chi connectivity index (χ1n) is 6.94. The van der Waals surface area contributed by atoms with E-state index in [2.05, 4.69) is 28.5 Å². The summed E-state index contributed by atoms with van der Waals surface area (Å²) >= 11 is 1.69. The van der Waals surface area contributed by atoms with Crippen molar-refractivity contribution in [3.8, 4) is 0 Å². The maximum absolute atomic E-state index is 6.38. The molecule has 2 N–H and O–H groups in total. The lowest BCUT2D eigenvalue weighted by Crippen LogP contribution is -2.34. The van der Waals surface area contributed by atoms with Crippen molar-refractivity contribution in [3.05, 3.63) is 47.6 Å². The maximum atomic E-state index is 6.38. The summed E-state index contributed by atoms with van der Waals surface area (Å²) in [5, 5.41) is 4.21. The molecular formula is C15H20ClN3OS. The molecule has 1 aliphatic carbocycles. The molecule has 0 spiro atoms. The van der Waals surface area contributed by atoms with Gasteiger partial charge in [0, 0.05) is 0 Å². The van der Waals surface area contributed by atoms with Gasteiger partial charge in [0.1, 0.15) is 5.25 Å². The van der Waals surface area contributed by atoms with Gasteiger partial charge in [-0.3, -0.25) is 0 Å². The monoisotopic (exact) mass is 325 g/mol. The standard InChI is InChI=1S/C15H19N3OS.ClH/c1-20-12(11-7-3-2-4-8-11)13-17-14(18-19-13)15(16)9-5-6-10-15;/h2-4,7-8,12H,5-6,9-10,16H2,1H3;1H. The number of thioether (sulfide) groups is 1. The van der Waals surface area contributed by atoms with Crippen LogP contribution in [0.3, 0.4) is 0 Å². The second-order valence-electron chi connectivity index (χ2n) is 5.35. The molecule has 0 saturated heterocycles. The van der Waals surface area contributed by atoms with E-state index in [0.29, 0.717) is 11.7 Å². The molecule has 1 unspecified atom stereocenters. The fraction of sp³-hybridized carbons (Fsp3) is 0.467. The van der Waals surface area contributed by atoms with Crippen molar-refractivity contribution in [2.45, 2.75) is 36.5 Å². The van der Waals surface area contributed by atoms with E-state index in [1.807, 2.05) is 18.2 Å². The van der Waals surface area contributed by atoms with Crippen LogP contribution in [0.15, 0.2) is 34.9 Å². The van der Waals surface area contributed by atoms with E-state index < -0.39 is 0 Å². The molecule has 0 radical (unpaired) electrons. The van der Waals surface area contributed by atoms with E-state index in [1.165, 1.54) is 5.56 Å². The van der Waals surface area contributed by atoms with Crippen molar-refractivity contribution in [3.63, 3.8) is 0 Å². The van der Waals surface area contributed by atoms with Gasteiger partial charge in [0.05, 0.1) is 5.54 Å². The summed E-state index contributed by atoms with van der Waals surface area (Å²) in [6.07, 6.45) is 6.23. The Labute approximate surface area is 135 Å². The molecule has 1 aromatic carbocycles. The van der Waals surface area contributed by atoms with Crippen molar-refractivity contribution in [1.82, 2.24) is 10.1 Å². The van der Waals surface area contributed by atoms with Crippen molar-refractivity contribution >= 4 is 24.2 Å². The lowest BCUT2D eigenvalue weighted by Gasteiger charge is -2.18. The van der Waals surface area contributed by atoms with Gasteiger partial charge >= 0.3 is 0 Å². The van der Waals surface area contributed by atoms with Gasteiger partial charge in [-0.05, 0) is 24.7 Å². The highest BCUT2D eigenvalue weighted by Crippen LogP contribution is 2.37. The Kier molecular flexibility index (Phi) is 5.30. The Morgan fingerprint density at radius 1 is 1.24 bits per heavy atom. The first kappa shape index (κ1) is 16.3. The topological polar surface area (TPSA) is 64.9 Å². The minimum atomic E-state index is -0.388. The predicted octanol–water partition coefficient (Wildman–Crippen LogP) is 3.67. The first-order chi connectivity index (χ1) is 9.73. The zero-order chi connectivity index (χ0) is 14.0. The van der Waals surface area contributed by atoms with Crippen LogP contribution in [0.1, 0.15) is 48.2 Å². The molecule has 1 aromatic heterocycles. The van der Waals surface area contributed by atoms with Gasteiger partial charge in [-0.2, -0.15) is 4.98 Å². The summed E-state index contributed by atoms with van der Waals surface area (Å²) in [6, 6.07) is 10.2. The molecule has 2 aromatic rings. The number of nitrogens with zero attached hydrogens (tertiary/aromatic N) is 2. The van der Waals surface area contributed by atoms with Crippen LogP contribution in [0.2, 0.25) is 0 Å². The van der Waals surface area contributed by atoms with Crippen molar-refractivity contribution in [1.29, 1.82) is 0 Å². The van der Waals surface area contributed by atoms with Gasteiger partial charge in [0.15, 0.2) is 5.82 Å². The highest BCUT2D eigenvalue weighted by Gasteiger charge is 2.36. The number of hydrogen-bond acceptors (Lipinski definition) is 5. The van der Waals surface area contributed by atoms with Crippen LogP contribution in [-0.2, 0) is 5.54 Å². The fourth-order valence-electron chi connectivity index (χ4n) is 2.78. The van der Waals surface area contributed by atoms with Crippen LogP contribution in [0.4, 0.5) is 0 Å². The number of rotatable bonds is 4. The normalized spacial score (nSPS) is 18.2. The summed E-state index contributed by atoms with van der Waals surface area (Å²) < 4.78 is 5.49. The number of nitrogens with two attached hydrogens (primary N) is 1. The van der Waals surface area contributed by atoms with Crippen LogP contribution in [0.5, 0.6) is 0 Å². The fourth-order valence-corrected chi connectivity index (χ4v) is 3.51. The second-order valence-corrected chi connectivity index (χ2v) is 6.29. The third kappa shape index (κ3) is 3.25. The first-order valence-corrected chi connectivity index (χ1v) is 8.22. The molecule has 3 rings (SSSR count). The minimum absolute atomic E-state index is 0. The van der Waals surface area contributed by atoms with Crippen molar-refractivity contribution in [2.24, 2.45) is 5.73 Å². The molecule has 114 valence electrons. The van der Waals surface area contributed by atoms with Gasteiger partial charge in [-0.1, -0.05) is 48.3 Å². The Morgan fingerprint density at radius 3 is 2.52 bits per heavy atom. The Hall–Kier alpha value is -1.04. The SMILES string of the molecule is CSC(c1ccccc1)c1nc(C2(N)CCCC2)no1.Cl. The van der Waals surface area contributed by atoms with E-state index in [-0.39, 0.29) is 23.2 Å².